The summed E-state index contributed by atoms with van der Waals surface area (Å²) in [6.07, 6.45) is 0. The van der Waals surface area contributed by atoms with Crippen LogP contribution in [0.2, 0.25) is 0 Å². The molecule has 0 radical (unpaired) electrons. The van der Waals surface area contributed by atoms with Crippen molar-refractivity contribution in [3.8, 4) is 0 Å². The number of rotatable bonds is 3. The molecule has 21 heavy (non-hydrogen) atoms. The van der Waals surface area contributed by atoms with Crippen molar-refractivity contribution in [3.63, 3.8) is 0 Å². The molecule has 1 N–H and O–H groups in total. The fourth-order valence-electron chi connectivity index (χ4n) is 2.02. The Kier molecular flexibility index (Phi) is 4.73. The second kappa shape index (κ2) is 6.35. The molecule has 0 bridgehead atoms. The number of amides is 1. The first-order valence-corrected chi connectivity index (χ1v) is 7.19. The summed E-state index contributed by atoms with van der Waals surface area (Å²) in [5.74, 6) is -1.64. The molecule has 0 spiro atoms. The molecule has 2 rings (SSSR count). The van der Waals surface area contributed by atoms with Crippen molar-refractivity contribution in [2.24, 2.45) is 0 Å². The fourth-order valence-corrected chi connectivity index (χ4v) is 2.44. The molecule has 0 aliphatic rings. The fraction of sp³-hybridized carbons (Fsp3) is 0.188. The van der Waals surface area contributed by atoms with Crippen molar-refractivity contribution >= 4 is 21.8 Å². The second-order valence-electron chi connectivity index (χ2n) is 4.84. The van der Waals surface area contributed by atoms with E-state index >= 15 is 0 Å². The lowest BCUT2D eigenvalue weighted by Crippen LogP contribution is -2.27. The third-order valence-electron chi connectivity index (χ3n) is 3.14. The molecular formula is C16H14BrF2NO. The molecule has 0 aliphatic heterocycles. The van der Waals surface area contributed by atoms with Crippen LogP contribution in [-0.2, 0) is 0 Å². The van der Waals surface area contributed by atoms with Crippen molar-refractivity contribution < 1.29 is 13.6 Å². The van der Waals surface area contributed by atoms with E-state index < -0.39 is 17.7 Å². The van der Waals surface area contributed by atoms with Crippen LogP contribution >= 0.6 is 15.9 Å². The molecule has 0 heterocycles. The molecule has 5 heteroatoms. The van der Waals surface area contributed by atoms with Gasteiger partial charge in [0.25, 0.3) is 5.91 Å². The predicted molar refractivity (Wildman–Crippen MR) is 81.1 cm³/mol. The maximum absolute atomic E-state index is 13.7. The minimum Gasteiger partial charge on any atom is -0.345 e. The topological polar surface area (TPSA) is 29.1 Å². The van der Waals surface area contributed by atoms with Gasteiger partial charge in [-0.3, -0.25) is 4.79 Å². The van der Waals surface area contributed by atoms with E-state index in [0.717, 1.165) is 11.6 Å². The number of nitrogens with one attached hydrogen (secondary N) is 1. The number of carbonyl (C=O) groups excluding carboxylic acids is 1. The van der Waals surface area contributed by atoms with Crippen LogP contribution in [0.5, 0.6) is 0 Å². The van der Waals surface area contributed by atoms with E-state index in [-0.39, 0.29) is 11.5 Å². The van der Waals surface area contributed by atoms with E-state index in [1.54, 1.807) is 19.1 Å². The van der Waals surface area contributed by atoms with Gasteiger partial charge < -0.3 is 5.32 Å². The SMILES string of the molecule is Cc1ccc(Br)c(C(=O)NC(C)c2ccc(F)cc2F)c1. The minimum atomic E-state index is -0.675. The van der Waals surface area contributed by atoms with Crippen LogP contribution in [0.25, 0.3) is 0 Å². The van der Waals surface area contributed by atoms with Crippen LogP contribution in [0.1, 0.15) is 34.5 Å². The van der Waals surface area contributed by atoms with Gasteiger partial charge >= 0.3 is 0 Å². The van der Waals surface area contributed by atoms with E-state index in [4.69, 9.17) is 0 Å². The highest BCUT2D eigenvalue weighted by molar-refractivity contribution is 9.10. The summed E-state index contributed by atoms with van der Waals surface area (Å²) >= 11 is 3.32. The average Bonchev–Trinajstić information content (AvgIpc) is 2.41. The van der Waals surface area contributed by atoms with Crippen LogP contribution in [0.15, 0.2) is 40.9 Å². The largest absolute Gasteiger partial charge is 0.345 e. The summed E-state index contributed by atoms with van der Waals surface area (Å²) in [6, 6.07) is 8.15. The van der Waals surface area contributed by atoms with Crippen molar-refractivity contribution in [1.82, 2.24) is 5.32 Å². The maximum atomic E-state index is 13.7. The normalized spacial score (nSPS) is 12.0. The molecule has 1 amide bonds. The van der Waals surface area contributed by atoms with E-state index in [1.165, 1.54) is 12.1 Å². The third-order valence-corrected chi connectivity index (χ3v) is 3.83. The Morgan fingerprint density at radius 1 is 1.19 bits per heavy atom. The van der Waals surface area contributed by atoms with Crippen LogP contribution in [0.3, 0.4) is 0 Å². The number of hydrogen-bond acceptors (Lipinski definition) is 1. The highest BCUT2D eigenvalue weighted by Crippen LogP contribution is 2.21. The first-order chi connectivity index (χ1) is 9.88. The van der Waals surface area contributed by atoms with Gasteiger partial charge in [0.2, 0.25) is 0 Å². The molecule has 110 valence electrons. The molecule has 1 atom stereocenters. The number of hydrogen-bond donors (Lipinski definition) is 1. The second-order valence-corrected chi connectivity index (χ2v) is 5.70. The summed E-state index contributed by atoms with van der Waals surface area (Å²) in [6.45, 7) is 3.53. The summed E-state index contributed by atoms with van der Waals surface area (Å²) < 4.78 is 27.3. The van der Waals surface area contributed by atoms with Crippen LogP contribution in [0, 0.1) is 18.6 Å². The van der Waals surface area contributed by atoms with Crippen LogP contribution in [-0.4, -0.2) is 5.91 Å². The molecule has 0 saturated heterocycles. The first kappa shape index (κ1) is 15.6. The summed E-state index contributed by atoms with van der Waals surface area (Å²) in [5.41, 5.74) is 1.67. The van der Waals surface area contributed by atoms with Gasteiger partial charge in [-0.25, -0.2) is 8.78 Å². The zero-order valence-corrected chi connectivity index (χ0v) is 13.2. The number of halogens is 3. The Morgan fingerprint density at radius 3 is 2.57 bits per heavy atom. The molecule has 0 saturated carbocycles. The molecule has 2 nitrogen and oxygen atoms in total. The highest BCUT2D eigenvalue weighted by Gasteiger charge is 2.17. The average molecular weight is 354 g/mol. The van der Waals surface area contributed by atoms with Crippen molar-refractivity contribution in [2.45, 2.75) is 19.9 Å². The minimum absolute atomic E-state index is 0.244. The van der Waals surface area contributed by atoms with Crippen LogP contribution < -0.4 is 5.32 Å². The molecule has 1 unspecified atom stereocenters. The van der Waals surface area contributed by atoms with Gasteiger partial charge in [-0.1, -0.05) is 17.7 Å². The monoisotopic (exact) mass is 353 g/mol. The highest BCUT2D eigenvalue weighted by atomic mass is 79.9. The first-order valence-electron chi connectivity index (χ1n) is 6.40. The number of aryl methyl sites for hydroxylation is 1. The number of benzene rings is 2. The quantitative estimate of drug-likeness (QED) is 0.862. The predicted octanol–water partition coefficient (Wildman–Crippen LogP) is 4.53. The lowest BCUT2D eigenvalue weighted by Gasteiger charge is -2.16. The molecule has 0 fully saturated rings. The molecule has 2 aromatic rings. The summed E-state index contributed by atoms with van der Waals surface area (Å²) in [5, 5.41) is 2.71. The zero-order valence-electron chi connectivity index (χ0n) is 11.6. The molecule has 2 aromatic carbocycles. The number of carbonyl (C=O) groups is 1. The Morgan fingerprint density at radius 2 is 1.90 bits per heavy atom. The van der Waals surface area contributed by atoms with Crippen molar-refractivity contribution in [2.75, 3.05) is 0 Å². The lowest BCUT2D eigenvalue weighted by molar-refractivity contribution is 0.0938. The molecule has 0 aromatic heterocycles. The molecule has 0 aliphatic carbocycles. The molecular weight excluding hydrogens is 340 g/mol. The standard InChI is InChI=1S/C16H14BrF2NO/c1-9-3-6-14(17)13(7-9)16(21)20-10(2)12-5-4-11(18)8-15(12)19/h3-8,10H,1-2H3,(H,20,21). The van der Waals surface area contributed by atoms with Gasteiger partial charge in [-0.2, -0.15) is 0 Å². The summed E-state index contributed by atoms with van der Waals surface area (Å²) in [4.78, 5) is 12.2. The van der Waals surface area contributed by atoms with Gasteiger partial charge in [-0.15, -0.1) is 0 Å². The smallest absolute Gasteiger partial charge is 0.252 e. The van der Waals surface area contributed by atoms with Crippen molar-refractivity contribution in [1.29, 1.82) is 0 Å². The van der Waals surface area contributed by atoms with E-state index in [0.29, 0.717) is 10.0 Å². The van der Waals surface area contributed by atoms with Gasteiger partial charge in [0.15, 0.2) is 0 Å². The maximum Gasteiger partial charge on any atom is 0.252 e. The van der Waals surface area contributed by atoms with E-state index in [9.17, 15) is 13.6 Å². The van der Waals surface area contributed by atoms with Crippen LogP contribution in [0.4, 0.5) is 8.78 Å². The van der Waals surface area contributed by atoms with Crippen molar-refractivity contribution in [3.05, 3.63) is 69.2 Å². The Bertz CT molecular complexity index is 688. The van der Waals surface area contributed by atoms with E-state index in [1.807, 2.05) is 13.0 Å². The Hall–Kier alpha value is -1.75. The third kappa shape index (κ3) is 3.67. The summed E-state index contributed by atoms with van der Waals surface area (Å²) in [7, 11) is 0. The Balaban J connectivity index is 2.20. The van der Waals surface area contributed by atoms with E-state index in [2.05, 4.69) is 21.2 Å². The Labute approximate surface area is 130 Å². The van der Waals surface area contributed by atoms with Gasteiger partial charge in [-0.05, 0) is 48.0 Å². The lowest BCUT2D eigenvalue weighted by atomic mass is 10.1. The zero-order chi connectivity index (χ0) is 15.6. The van der Waals surface area contributed by atoms with Gasteiger partial charge in [0.1, 0.15) is 11.6 Å². The van der Waals surface area contributed by atoms with Gasteiger partial charge in [0.05, 0.1) is 11.6 Å². The van der Waals surface area contributed by atoms with Gasteiger partial charge in [0, 0.05) is 16.1 Å².